The van der Waals surface area contributed by atoms with Crippen LogP contribution in [0.5, 0.6) is 0 Å². The normalized spacial score (nSPS) is 31.0. The molecule has 0 radical (unpaired) electrons. The molecule has 5 heterocycles. The molecule has 2 N–H and O–H groups in total. The van der Waals surface area contributed by atoms with Crippen molar-refractivity contribution in [3.05, 3.63) is 48.2 Å². The number of amides is 2. The number of carbonyl (C=O) groups is 2. The van der Waals surface area contributed by atoms with E-state index in [2.05, 4.69) is 27.3 Å². The summed E-state index contributed by atoms with van der Waals surface area (Å²) >= 11 is 0. The molecule has 1 aromatic heterocycles. The Bertz CT molecular complexity index is 1090. The number of rotatable bonds is 7. The van der Waals surface area contributed by atoms with Gasteiger partial charge in [0.2, 0.25) is 11.8 Å². The number of benzene rings is 1. The van der Waals surface area contributed by atoms with Gasteiger partial charge in [-0.25, -0.2) is 0 Å². The van der Waals surface area contributed by atoms with Crippen molar-refractivity contribution in [2.24, 2.45) is 11.8 Å². The van der Waals surface area contributed by atoms with Crippen LogP contribution < -0.4 is 5.32 Å². The second kappa shape index (κ2) is 8.27. The third kappa shape index (κ3) is 3.57. The number of morpholine rings is 1. The van der Waals surface area contributed by atoms with Crippen molar-refractivity contribution >= 4 is 22.7 Å². The molecule has 174 valence electrons. The summed E-state index contributed by atoms with van der Waals surface area (Å²) in [6.07, 6.45) is 6.47. The van der Waals surface area contributed by atoms with Crippen LogP contribution in [0.4, 0.5) is 0 Å². The first-order valence-electron chi connectivity index (χ1n) is 11.9. The number of nitrogens with one attached hydrogen (secondary N) is 2. The topological polar surface area (TPSA) is 86.9 Å². The number of para-hydroxylation sites is 1. The Morgan fingerprint density at radius 1 is 1.21 bits per heavy atom. The maximum atomic E-state index is 13.4. The van der Waals surface area contributed by atoms with Gasteiger partial charge in [0.25, 0.3) is 0 Å². The quantitative estimate of drug-likeness (QED) is 0.614. The van der Waals surface area contributed by atoms with Crippen LogP contribution in [0.3, 0.4) is 0 Å². The summed E-state index contributed by atoms with van der Waals surface area (Å²) in [6, 6.07) is 8.21. The molecule has 3 saturated heterocycles. The van der Waals surface area contributed by atoms with Crippen molar-refractivity contribution in [1.82, 2.24) is 20.1 Å². The summed E-state index contributed by atoms with van der Waals surface area (Å²) in [5, 5.41) is 4.26. The van der Waals surface area contributed by atoms with Gasteiger partial charge in [0.05, 0.1) is 37.7 Å². The zero-order chi connectivity index (χ0) is 22.4. The molecule has 2 aromatic rings. The van der Waals surface area contributed by atoms with E-state index >= 15 is 0 Å². The third-order valence-electron chi connectivity index (χ3n) is 7.64. The third-order valence-corrected chi connectivity index (χ3v) is 7.64. The van der Waals surface area contributed by atoms with Gasteiger partial charge in [0.1, 0.15) is 5.60 Å². The Hall–Kier alpha value is -2.68. The summed E-state index contributed by atoms with van der Waals surface area (Å²) in [6.45, 7) is 5.77. The minimum Gasteiger partial charge on any atom is -0.379 e. The minimum atomic E-state index is -0.659. The first-order valence-corrected chi connectivity index (χ1v) is 11.9. The van der Waals surface area contributed by atoms with E-state index in [4.69, 9.17) is 9.47 Å². The second-order valence-corrected chi connectivity index (χ2v) is 9.51. The lowest BCUT2D eigenvalue weighted by Crippen LogP contribution is -2.47. The fourth-order valence-electron chi connectivity index (χ4n) is 5.94. The van der Waals surface area contributed by atoms with E-state index in [-0.39, 0.29) is 17.9 Å². The molecule has 0 aliphatic carbocycles. The Labute approximate surface area is 192 Å². The lowest BCUT2D eigenvalue weighted by Gasteiger charge is -2.27. The lowest BCUT2D eigenvalue weighted by atomic mass is 9.77. The number of H-pyrrole nitrogens is 1. The number of fused-ring (bicyclic) bond motifs is 2. The van der Waals surface area contributed by atoms with Gasteiger partial charge >= 0.3 is 0 Å². The van der Waals surface area contributed by atoms with Crippen LogP contribution in [0, 0.1) is 11.8 Å². The van der Waals surface area contributed by atoms with Gasteiger partial charge in [-0.3, -0.25) is 14.5 Å². The number of carbonyl (C=O) groups excluding carboxylic acids is 2. The Morgan fingerprint density at radius 2 is 2.06 bits per heavy atom. The molecule has 6 rings (SSSR count). The molecule has 8 heteroatoms. The summed E-state index contributed by atoms with van der Waals surface area (Å²) in [5.41, 5.74) is 1.65. The fraction of sp³-hybridized carbons (Fsp3) is 0.520. The highest BCUT2D eigenvalue weighted by molar-refractivity contribution is 5.93. The highest BCUT2D eigenvalue weighted by Crippen LogP contribution is 2.51. The zero-order valence-corrected chi connectivity index (χ0v) is 18.7. The van der Waals surface area contributed by atoms with Gasteiger partial charge < -0.3 is 24.7 Å². The van der Waals surface area contributed by atoms with Crippen molar-refractivity contribution in [2.45, 2.75) is 18.1 Å². The molecular weight excluding hydrogens is 420 g/mol. The molecular formula is C25H30N4O4. The number of hydrogen-bond donors (Lipinski definition) is 2. The largest absolute Gasteiger partial charge is 0.379 e. The SMILES string of the molecule is O=C(NCCN1CCOCC1)C1C2C(=O)N(CCc3c[nH]c4ccccc34)C[C@@]23C=C[C@@H]1O3. The van der Waals surface area contributed by atoms with Crippen LogP contribution in [0.25, 0.3) is 10.9 Å². The molecule has 4 atom stereocenters. The summed E-state index contributed by atoms with van der Waals surface area (Å²) in [7, 11) is 0. The summed E-state index contributed by atoms with van der Waals surface area (Å²) in [4.78, 5) is 34.0. The van der Waals surface area contributed by atoms with Crippen molar-refractivity contribution in [1.29, 1.82) is 0 Å². The zero-order valence-electron chi connectivity index (χ0n) is 18.7. The van der Waals surface area contributed by atoms with Gasteiger partial charge in [-0.1, -0.05) is 30.4 Å². The lowest BCUT2D eigenvalue weighted by molar-refractivity contribution is -0.137. The van der Waals surface area contributed by atoms with Crippen molar-refractivity contribution in [3.63, 3.8) is 0 Å². The first kappa shape index (κ1) is 20.9. The molecule has 33 heavy (non-hydrogen) atoms. The monoisotopic (exact) mass is 450 g/mol. The van der Waals surface area contributed by atoms with Gasteiger partial charge in [-0.2, -0.15) is 0 Å². The van der Waals surface area contributed by atoms with E-state index in [1.54, 1.807) is 0 Å². The number of nitrogens with zero attached hydrogens (tertiary/aromatic N) is 2. The van der Waals surface area contributed by atoms with Gasteiger partial charge in [0, 0.05) is 49.8 Å². The van der Waals surface area contributed by atoms with E-state index in [1.165, 1.54) is 10.9 Å². The first-order chi connectivity index (χ1) is 16.1. The van der Waals surface area contributed by atoms with E-state index in [1.807, 2.05) is 35.4 Å². The summed E-state index contributed by atoms with van der Waals surface area (Å²) in [5.74, 6) is -0.921. The number of ether oxygens (including phenoxy) is 2. The van der Waals surface area contributed by atoms with Crippen LogP contribution in [0.15, 0.2) is 42.6 Å². The van der Waals surface area contributed by atoms with Gasteiger partial charge in [0.15, 0.2) is 0 Å². The molecule has 2 bridgehead atoms. The highest BCUT2D eigenvalue weighted by atomic mass is 16.5. The maximum absolute atomic E-state index is 13.4. The predicted molar refractivity (Wildman–Crippen MR) is 123 cm³/mol. The van der Waals surface area contributed by atoms with Gasteiger partial charge in [-0.15, -0.1) is 0 Å². The molecule has 1 spiro atoms. The van der Waals surface area contributed by atoms with Crippen molar-refractivity contribution in [2.75, 3.05) is 52.5 Å². The smallest absolute Gasteiger partial charge is 0.230 e. The maximum Gasteiger partial charge on any atom is 0.230 e. The fourth-order valence-corrected chi connectivity index (χ4v) is 5.94. The van der Waals surface area contributed by atoms with Crippen LogP contribution in [-0.2, 0) is 25.5 Å². The second-order valence-electron chi connectivity index (χ2n) is 9.51. The van der Waals surface area contributed by atoms with E-state index in [9.17, 15) is 9.59 Å². The van der Waals surface area contributed by atoms with E-state index < -0.39 is 17.4 Å². The highest BCUT2D eigenvalue weighted by Gasteiger charge is 2.66. The molecule has 2 amide bonds. The molecule has 4 aliphatic heterocycles. The Morgan fingerprint density at radius 3 is 2.94 bits per heavy atom. The van der Waals surface area contributed by atoms with Crippen LogP contribution >= 0.6 is 0 Å². The molecule has 0 saturated carbocycles. The number of likely N-dealkylation sites (tertiary alicyclic amines) is 1. The van der Waals surface area contributed by atoms with Crippen molar-refractivity contribution in [3.8, 4) is 0 Å². The minimum absolute atomic E-state index is 0.0371. The average molecular weight is 451 g/mol. The Kier molecular flexibility index (Phi) is 5.24. The van der Waals surface area contributed by atoms with E-state index in [0.717, 1.165) is 44.8 Å². The van der Waals surface area contributed by atoms with Crippen LogP contribution in [0.2, 0.25) is 0 Å². The molecule has 3 fully saturated rings. The standard InChI is InChI=1S/C25H30N4O4/c30-23(26-8-10-28-11-13-32-14-12-28)21-20-5-7-25(33-20)16-29(24(31)22(21)25)9-6-17-15-27-19-4-2-1-3-18(17)19/h1-5,7,15,20-22,27H,6,8-14,16H2,(H,26,30)/t20-,21?,22?,25-/m0/s1. The van der Waals surface area contributed by atoms with Crippen LogP contribution in [-0.4, -0.2) is 90.8 Å². The predicted octanol–water partition coefficient (Wildman–Crippen LogP) is 0.941. The Balaban J connectivity index is 1.10. The molecule has 8 nitrogen and oxygen atoms in total. The van der Waals surface area contributed by atoms with Crippen molar-refractivity contribution < 1.29 is 19.1 Å². The summed E-state index contributed by atoms with van der Waals surface area (Å²) < 4.78 is 11.6. The number of aromatic amines is 1. The molecule has 2 unspecified atom stereocenters. The van der Waals surface area contributed by atoms with Gasteiger partial charge in [-0.05, 0) is 18.1 Å². The number of hydrogen-bond acceptors (Lipinski definition) is 5. The van der Waals surface area contributed by atoms with E-state index in [0.29, 0.717) is 19.6 Å². The number of aromatic nitrogens is 1. The molecule has 1 aromatic carbocycles. The van der Waals surface area contributed by atoms with Crippen LogP contribution in [0.1, 0.15) is 5.56 Å². The average Bonchev–Trinajstić information content (AvgIpc) is 3.58. The molecule has 4 aliphatic rings.